The van der Waals surface area contributed by atoms with Gasteiger partial charge in [0.15, 0.2) is 0 Å². The highest BCUT2D eigenvalue weighted by atomic mass is 16.5. The van der Waals surface area contributed by atoms with E-state index in [2.05, 4.69) is 12.2 Å². The number of rotatable bonds is 7. The largest absolute Gasteiger partial charge is 0.491 e. The predicted octanol–water partition coefficient (Wildman–Crippen LogP) is 1.09. The fourth-order valence-corrected chi connectivity index (χ4v) is 1.49. The lowest BCUT2D eigenvalue weighted by Gasteiger charge is -2.15. The van der Waals surface area contributed by atoms with Gasteiger partial charge >= 0.3 is 0 Å². The minimum atomic E-state index is -0.439. The number of hydrogen-bond acceptors (Lipinski definition) is 3. The highest BCUT2D eigenvalue weighted by Gasteiger charge is 2.14. The van der Waals surface area contributed by atoms with Gasteiger partial charge in [0.1, 0.15) is 18.4 Å². The third-order valence-electron chi connectivity index (χ3n) is 2.54. The van der Waals surface area contributed by atoms with Crippen LogP contribution in [0.1, 0.15) is 19.4 Å². The molecule has 1 aromatic rings. The van der Waals surface area contributed by atoms with Crippen LogP contribution in [0.4, 0.5) is 0 Å². The highest BCUT2D eigenvalue weighted by Crippen LogP contribution is 2.12. The fourth-order valence-electron chi connectivity index (χ4n) is 1.49. The number of hydrogen-bond donors (Lipinski definition) is 2. The van der Waals surface area contributed by atoms with E-state index in [0.29, 0.717) is 6.54 Å². The van der Waals surface area contributed by atoms with Gasteiger partial charge in [0, 0.05) is 0 Å². The molecule has 0 heterocycles. The van der Waals surface area contributed by atoms with Crippen LogP contribution in [0, 0.1) is 0 Å². The molecule has 1 amide bonds. The number of likely N-dealkylation sites (N-methyl/N-ethyl adjacent to an activating group) is 1. The van der Waals surface area contributed by atoms with Gasteiger partial charge in [0.05, 0.1) is 0 Å². The molecule has 3 N–H and O–H groups in total. The Kier molecular flexibility index (Phi) is 5.49. The van der Waals surface area contributed by atoms with Gasteiger partial charge in [-0.05, 0) is 30.7 Å². The first-order valence-corrected chi connectivity index (χ1v) is 5.91. The van der Waals surface area contributed by atoms with Crippen LogP contribution in [0.3, 0.4) is 0 Å². The third kappa shape index (κ3) is 4.44. The number of nitrogens with two attached hydrogens (primary N) is 1. The maximum absolute atomic E-state index is 11.1. The molecule has 0 saturated carbocycles. The molecule has 0 bridgehead atoms. The Labute approximate surface area is 102 Å². The second-order valence-electron chi connectivity index (χ2n) is 3.82. The summed E-state index contributed by atoms with van der Waals surface area (Å²) >= 11 is 0. The summed E-state index contributed by atoms with van der Waals surface area (Å²) in [6, 6.07) is 7.40. The molecule has 4 heteroatoms. The van der Waals surface area contributed by atoms with Gasteiger partial charge in [0.2, 0.25) is 5.91 Å². The SMILES string of the molecule is CCNC(COc1ccc(CC)cc1)C(N)=O. The maximum Gasteiger partial charge on any atom is 0.238 e. The molecule has 94 valence electrons. The molecule has 4 nitrogen and oxygen atoms in total. The summed E-state index contributed by atoms with van der Waals surface area (Å²) in [6.45, 7) is 4.97. The number of amides is 1. The van der Waals surface area contributed by atoms with E-state index >= 15 is 0 Å². The minimum Gasteiger partial charge on any atom is -0.491 e. The Morgan fingerprint density at radius 3 is 2.47 bits per heavy atom. The van der Waals surface area contributed by atoms with E-state index in [-0.39, 0.29) is 6.61 Å². The van der Waals surface area contributed by atoms with E-state index < -0.39 is 11.9 Å². The van der Waals surface area contributed by atoms with Crippen molar-refractivity contribution in [1.29, 1.82) is 0 Å². The first kappa shape index (κ1) is 13.5. The van der Waals surface area contributed by atoms with E-state index in [4.69, 9.17) is 10.5 Å². The lowest BCUT2D eigenvalue weighted by molar-refractivity contribution is -0.120. The smallest absolute Gasteiger partial charge is 0.238 e. The summed E-state index contributed by atoms with van der Waals surface area (Å²) in [5.41, 5.74) is 6.51. The summed E-state index contributed by atoms with van der Waals surface area (Å²) in [7, 11) is 0. The normalized spacial score (nSPS) is 12.1. The minimum absolute atomic E-state index is 0.259. The lowest BCUT2D eigenvalue weighted by Crippen LogP contribution is -2.45. The zero-order chi connectivity index (χ0) is 12.7. The monoisotopic (exact) mass is 236 g/mol. The van der Waals surface area contributed by atoms with Crippen molar-refractivity contribution in [3.05, 3.63) is 29.8 Å². The maximum atomic E-state index is 11.1. The molecule has 1 aromatic carbocycles. The van der Waals surface area contributed by atoms with Crippen molar-refractivity contribution < 1.29 is 9.53 Å². The molecule has 0 aromatic heterocycles. The van der Waals surface area contributed by atoms with Gasteiger partial charge in [-0.15, -0.1) is 0 Å². The van der Waals surface area contributed by atoms with Crippen LogP contribution in [0.15, 0.2) is 24.3 Å². The molecule has 0 aliphatic heterocycles. The van der Waals surface area contributed by atoms with E-state index in [1.54, 1.807) is 0 Å². The van der Waals surface area contributed by atoms with Crippen molar-refractivity contribution in [1.82, 2.24) is 5.32 Å². The summed E-state index contributed by atoms with van der Waals surface area (Å²) in [5, 5.41) is 2.98. The van der Waals surface area contributed by atoms with Gasteiger partial charge in [-0.1, -0.05) is 26.0 Å². The molecule has 1 atom stereocenters. The van der Waals surface area contributed by atoms with Crippen LogP contribution in [-0.2, 0) is 11.2 Å². The Morgan fingerprint density at radius 2 is 2.00 bits per heavy atom. The summed E-state index contributed by atoms with van der Waals surface area (Å²) in [5.74, 6) is 0.364. The van der Waals surface area contributed by atoms with Gasteiger partial charge in [0.25, 0.3) is 0 Å². The molecule has 0 fully saturated rings. The third-order valence-corrected chi connectivity index (χ3v) is 2.54. The average molecular weight is 236 g/mol. The molecular weight excluding hydrogens is 216 g/mol. The highest BCUT2D eigenvalue weighted by molar-refractivity contribution is 5.80. The molecule has 0 spiro atoms. The lowest BCUT2D eigenvalue weighted by atomic mass is 10.2. The topological polar surface area (TPSA) is 64.3 Å². The second-order valence-corrected chi connectivity index (χ2v) is 3.82. The zero-order valence-electron chi connectivity index (χ0n) is 10.4. The molecule has 1 unspecified atom stereocenters. The van der Waals surface area contributed by atoms with E-state index in [1.807, 2.05) is 31.2 Å². The van der Waals surface area contributed by atoms with Crippen LogP contribution in [0.2, 0.25) is 0 Å². The fraction of sp³-hybridized carbons (Fsp3) is 0.462. The van der Waals surface area contributed by atoms with E-state index in [1.165, 1.54) is 5.56 Å². The van der Waals surface area contributed by atoms with Crippen molar-refractivity contribution >= 4 is 5.91 Å². The van der Waals surface area contributed by atoms with Gasteiger partial charge < -0.3 is 15.8 Å². The van der Waals surface area contributed by atoms with Crippen molar-refractivity contribution in [2.75, 3.05) is 13.2 Å². The van der Waals surface area contributed by atoms with Crippen LogP contribution in [-0.4, -0.2) is 25.1 Å². The molecule has 0 aliphatic carbocycles. The Balaban J connectivity index is 2.50. The first-order chi connectivity index (χ1) is 8.17. The molecule has 0 aliphatic rings. The summed E-state index contributed by atoms with van der Waals surface area (Å²) in [6.07, 6.45) is 1.00. The van der Waals surface area contributed by atoms with Gasteiger partial charge in [-0.25, -0.2) is 0 Å². The van der Waals surface area contributed by atoms with Crippen LogP contribution in [0.25, 0.3) is 0 Å². The first-order valence-electron chi connectivity index (χ1n) is 5.91. The van der Waals surface area contributed by atoms with Crippen LogP contribution >= 0.6 is 0 Å². The van der Waals surface area contributed by atoms with E-state index in [9.17, 15) is 4.79 Å². The van der Waals surface area contributed by atoms with Gasteiger partial charge in [-0.3, -0.25) is 4.79 Å². The zero-order valence-corrected chi connectivity index (χ0v) is 10.4. The molecule has 0 radical (unpaired) electrons. The number of ether oxygens (including phenoxy) is 1. The number of carbonyl (C=O) groups is 1. The molecule has 1 rings (SSSR count). The molecule has 17 heavy (non-hydrogen) atoms. The van der Waals surface area contributed by atoms with E-state index in [0.717, 1.165) is 12.2 Å². The molecular formula is C13H20N2O2. The number of aryl methyl sites for hydroxylation is 1. The quantitative estimate of drug-likeness (QED) is 0.745. The Morgan fingerprint density at radius 1 is 1.35 bits per heavy atom. The average Bonchev–Trinajstić information content (AvgIpc) is 2.34. The van der Waals surface area contributed by atoms with Crippen molar-refractivity contribution in [2.45, 2.75) is 26.3 Å². The molecule has 0 saturated heterocycles. The van der Waals surface area contributed by atoms with Crippen molar-refractivity contribution in [2.24, 2.45) is 5.73 Å². The second kappa shape index (κ2) is 6.91. The van der Waals surface area contributed by atoms with Gasteiger partial charge in [-0.2, -0.15) is 0 Å². The summed E-state index contributed by atoms with van der Waals surface area (Å²) < 4.78 is 5.52. The standard InChI is InChI=1S/C13H20N2O2/c1-3-10-5-7-11(8-6-10)17-9-12(13(14)16)15-4-2/h5-8,12,15H,3-4,9H2,1-2H3,(H2,14,16). The summed E-state index contributed by atoms with van der Waals surface area (Å²) in [4.78, 5) is 11.1. The van der Waals surface area contributed by atoms with Crippen LogP contribution < -0.4 is 15.8 Å². The Bertz CT molecular complexity index is 349. The van der Waals surface area contributed by atoms with Crippen LogP contribution in [0.5, 0.6) is 5.75 Å². The van der Waals surface area contributed by atoms with Crippen molar-refractivity contribution in [3.8, 4) is 5.75 Å². The number of nitrogens with one attached hydrogen (secondary N) is 1. The Hall–Kier alpha value is -1.55. The number of primary amides is 1. The number of carbonyl (C=O) groups excluding carboxylic acids is 1. The predicted molar refractivity (Wildman–Crippen MR) is 68.0 cm³/mol. The number of benzene rings is 1. The van der Waals surface area contributed by atoms with Crippen molar-refractivity contribution in [3.63, 3.8) is 0 Å².